The fourth-order valence-corrected chi connectivity index (χ4v) is 6.03. The van der Waals surface area contributed by atoms with Crippen LogP contribution in [0.15, 0.2) is 146 Å². The molecule has 1 aliphatic rings. The molecule has 0 unspecified atom stereocenters. The van der Waals surface area contributed by atoms with Gasteiger partial charge >= 0.3 is 0 Å². The minimum absolute atomic E-state index is 0.908. The van der Waals surface area contributed by atoms with E-state index in [1.54, 1.807) is 0 Å². The summed E-state index contributed by atoms with van der Waals surface area (Å²) in [4.78, 5) is 0. The molecule has 0 aromatic heterocycles. The van der Waals surface area contributed by atoms with Crippen molar-refractivity contribution in [3.8, 4) is 56.0 Å². The largest absolute Gasteiger partial charge is 0.456 e. The van der Waals surface area contributed by atoms with Crippen LogP contribution in [-0.2, 0) is 0 Å². The van der Waals surface area contributed by atoms with Crippen LogP contribution in [0.25, 0.3) is 66.1 Å². The number of rotatable bonds is 3. The normalized spacial score (nSPS) is 11.8. The first-order chi connectivity index (χ1) is 19.3. The summed E-state index contributed by atoms with van der Waals surface area (Å²) in [6, 6.07) is 52.1. The Bertz CT molecular complexity index is 2010. The van der Waals surface area contributed by atoms with Gasteiger partial charge in [0.05, 0.1) is 0 Å². The van der Waals surface area contributed by atoms with Crippen LogP contribution in [0.3, 0.4) is 0 Å². The van der Waals surface area contributed by atoms with Gasteiger partial charge < -0.3 is 4.74 Å². The predicted molar refractivity (Wildman–Crippen MR) is 163 cm³/mol. The minimum Gasteiger partial charge on any atom is -0.456 e. The van der Waals surface area contributed by atoms with E-state index in [0.717, 1.165) is 17.1 Å². The number of benzene rings is 7. The lowest BCUT2D eigenvalue weighted by atomic mass is 9.90. The summed E-state index contributed by atoms with van der Waals surface area (Å²) in [7, 11) is 0. The molecule has 7 aromatic rings. The second-order valence-electron chi connectivity index (χ2n) is 10.1. The average molecular weight is 497 g/mol. The molecule has 0 N–H and O–H groups in total. The second kappa shape index (κ2) is 8.72. The zero-order valence-electron chi connectivity index (χ0n) is 21.3. The van der Waals surface area contributed by atoms with Crippen molar-refractivity contribution in [2.45, 2.75) is 0 Å². The predicted octanol–water partition coefficient (Wildman–Crippen LogP) is 10.8. The van der Waals surface area contributed by atoms with Crippen molar-refractivity contribution < 1.29 is 4.74 Å². The zero-order chi connectivity index (χ0) is 25.8. The average Bonchev–Trinajstić information content (AvgIpc) is 3.01. The molecule has 0 bridgehead atoms. The standard InChI is InChI=1S/C38H24O/c1-2-8-26(9-3-1)31-14-4-10-28-11-5-15-32(37(28)31)27-20-18-25(19-21-27)30-22-23-35-34(24-30)33-16-6-12-29-13-7-17-36(39-35)38(29)33/h1-24H. The third kappa shape index (κ3) is 3.55. The number of ether oxygens (including phenoxy) is 1. The van der Waals surface area contributed by atoms with Crippen molar-refractivity contribution in [1.82, 2.24) is 0 Å². The fraction of sp³-hybridized carbons (Fsp3) is 0. The summed E-state index contributed by atoms with van der Waals surface area (Å²) in [5, 5.41) is 4.93. The van der Waals surface area contributed by atoms with E-state index in [9.17, 15) is 0 Å². The van der Waals surface area contributed by atoms with E-state index in [1.165, 1.54) is 60.5 Å². The maximum absolute atomic E-state index is 6.31. The van der Waals surface area contributed by atoms with Gasteiger partial charge in [0.15, 0.2) is 0 Å². The highest BCUT2D eigenvalue weighted by Gasteiger charge is 2.20. The first-order valence-electron chi connectivity index (χ1n) is 13.4. The minimum atomic E-state index is 0.908. The molecule has 0 aliphatic carbocycles. The quantitative estimate of drug-likeness (QED) is 0.236. The van der Waals surface area contributed by atoms with E-state index in [-0.39, 0.29) is 0 Å². The highest BCUT2D eigenvalue weighted by atomic mass is 16.5. The summed E-state index contributed by atoms with van der Waals surface area (Å²) in [6.07, 6.45) is 0. The van der Waals surface area contributed by atoms with Crippen LogP contribution < -0.4 is 4.74 Å². The van der Waals surface area contributed by atoms with Crippen molar-refractivity contribution in [3.05, 3.63) is 146 Å². The topological polar surface area (TPSA) is 9.23 Å². The van der Waals surface area contributed by atoms with Crippen LogP contribution in [0.1, 0.15) is 0 Å². The van der Waals surface area contributed by atoms with Crippen molar-refractivity contribution in [2.75, 3.05) is 0 Å². The second-order valence-corrected chi connectivity index (χ2v) is 10.1. The Morgan fingerprint density at radius 3 is 1.59 bits per heavy atom. The molecular weight excluding hydrogens is 472 g/mol. The molecule has 8 rings (SSSR count). The van der Waals surface area contributed by atoms with Crippen molar-refractivity contribution in [2.24, 2.45) is 0 Å². The lowest BCUT2D eigenvalue weighted by molar-refractivity contribution is 0.487. The molecule has 1 nitrogen and oxygen atoms in total. The molecule has 0 radical (unpaired) electrons. The molecular formula is C38H24O. The summed E-state index contributed by atoms with van der Waals surface area (Å²) < 4.78 is 6.31. The van der Waals surface area contributed by atoms with Crippen LogP contribution in [-0.4, -0.2) is 0 Å². The number of hydrogen-bond donors (Lipinski definition) is 0. The maximum Gasteiger partial charge on any atom is 0.135 e. The van der Waals surface area contributed by atoms with Gasteiger partial charge in [0.2, 0.25) is 0 Å². The molecule has 0 atom stereocenters. The van der Waals surface area contributed by atoms with Crippen molar-refractivity contribution in [3.63, 3.8) is 0 Å². The summed E-state index contributed by atoms with van der Waals surface area (Å²) in [6.45, 7) is 0. The maximum atomic E-state index is 6.31. The first kappa shape index (κ1) is 21.9. The van der Waals surface area contributed by atoms with Gasteiger partial charge in [0, 0.05) is 10.9 Å². The Labute approximate surface area is 227 Å². The van der Waals surface area contributed by atoms with Crippen molar-refractivity contribution in [1.29, 1.82) is 0 Å². The summed E-state index contributed by atoms with van der Waals surface area (Å²) in [5.74, 6) is 1.84. The molecule has 7 aromatic carbocycles. The van der Waals surface area contributed by atoms with Gasteiger partial charge in [0.1, 0.15) is 11.5 Å². The first-order valence-corrected chi connectivity index (χ1v) is 13.4. The van der Waals surface area contributed by atoms with Crippen LogP contribution in [0.5, 0.6) is 11.5 Å². The highest BCUT2D eigenvalue weighted by Crippen LogP contribution is 2.47. The monoisotopic (exact) mass is 496 g/mol. The van der Waals surface area contributed by atoms with Gasteiger partial charge in [0.25, 0.3) is 0 Å². The van der Waals surface area contributed by atoms with Crippen LogP contribution in [0, 0.1) is 0 Å². The Hall–Kier alpha value is -5.14. The molecule has 1 aliphatic heterocycles. The number of fused-ring (bicyclic) bond motifs is 3. The Balaban J connectivity index is 1.22. The van der Waals surface area contributed by atoms with Crippen LogP contribution in [0.2, 0.25) is 0 Å². The Kier molecular flexibility index (Phi) is 4.89. The van der Waals surface area contributed by atoms with Gasteiger partial charge in [-0.25, -0.2) is 0 Å². The summed E-state index contributed by atoms with van der Waals surface area (Å²) in [5.41, 5.74) is 9.71. The third-order valence-corrected chi connectivity index (χ3v) is 7.87. The van der Waals surface area contributed by atoms with Gasteiger partial charge in [-0.3, -0.25) is 0 Å². The molecule has 0 spiro atoms. The van der Waals surface area contributed by atoms with Crippen LogP contribution in [0.4, 0.5) is 0 Å². The van der Waals surface area contributed by atoms with Gasteiger partial charge in [-0.2, -0.15) is 0 Å². The van der Waals surface area contributed by atoms with E-state index in [4.69, 9.17) is 4.74 Å². The van der Waals surface area contributed by atoms with E-state index < -0.39 is 0 Å². The zero-order valence-corrected chi connectivity index (χ0v) is 21.3. The molecule has 0 amide bonds. The van der Waals surface area contributed by atoms with Gasteiger partial charge in [-0.1, -0.05) is 127 Å². The molecule has 1 heteroatoms. The van der Waals surface area contributed by atoms with E-state index in [1.807, 2.05) is 0 Å². The molecule has 0 saturated heterocycles. The lowest BCUT2D eigenvalue weighted by Crippen LogP contribution is -1.97. The molecule has 182 valence electrons. The summed E-state index contributed by atoms with van der Waals surface area (Å²) >= 11 is 0. The van der Waals surface area contributed by atoms with Crippen molar-refractivity contribution >= 4 is 21.5 Å². The van der Waals surface area contributed by atoms with Gasteiger partial charge in [-0.05, 0) is 73.3 Å². The Morgan fingerprint density at radius 2 is 0.872 bits per heavy atom. The number of hydrogen-bond acceptors (Lipinski definition) is 1. The molecule has 0 saturated carbocycles. The lowest BCUT2D eigenvalue weighted by Gasteiger charge is -2.22. The van der Waals surface area contributed by atoms with E-state index in [2.05, 4.69) is 146 Å². The third-order valence-electron chi connectivity index (χ3n) is 7.87. The smallest absolute Gasteiger partial charge is 0.135 e. The fourth-order valence-electron chi connectivity index (χ4n) is 6.03. The SMILES string of the molecule is c1ccc(-c2cccc3cccc(-c4ccc(-c5ccc6c(c5)-c5cccc7cccc(c57)O6)cc4)c23)cc1. The highest BCUT2D eigenvalue weighted by molar-refractivity contribution is 6.07. The molecule has 39 heavy (non-hydrogen) atoms. The van der Waals surface area contributed by atoms with E-state index in [0.29, 0.717) is 0 Å². The Morgan fingerprint density at radius 1 is 0.308 bits per heavy atom. The van der Waals surface area contributed by atoms with Crippen LogP contribution >= 0.6 is 0 Å². The van der Waals surface area contributed by atoms with Gasteiger partial charge in [-0.15, -0.1) is 0 Å². The molecule has 1 heterocycles. The molecule has 0 fully saturated rings. The van der Waals surface area contributed by atoms with E-state index >= 15 is 0 Å².